The van der Waals surface area contributed by atoms with Crippen molar-refractivity contribution in [3.8, 4) is 5.75 Å². The fourth-order valence-corrected chi connectivity index (χ4v) is 6.76. The number of halogens is 1. The molecule has 0 saturated heterocycles. The van der Waals surface area contributed by atoms with Gasteiger partial charge in [0.15, 0.2) is 5.60 Å². The monoisotopic (exact) mass is 416 g/mol. The minimum absolute atomic E-state index is 0.00133. The number of anilines is 1. The van der Waals surface area contributed by atoms with E-state index < -0.39 is 5.60 Å². The van der Waals surface area contributed by atoms with E-state index in [1.807, 2.05) is 0 Å². The first-order chi connectivity index (χ1) is 13.7. The fourth-order valence-electron chi connectivity index (χ4n) is 6.60. The largest absolute Gasteiger partial charge is 0.476 e. The number of rotatable bonds is 4. The zero-order valence-corrected chi connectivity index (χ0v) is 17.9. The molecule has 156 valence electrons. The molecule has 1 aromatic rings. The average Bonchev–Trinajstić information content (AvgIpc) is 2.61. The van der Waals surface area contributed by atoms with E-state index in [1.165, 1.54) is 19.3 Å². The number of ether oxygens (including phenoxy) is 1. The molecule has 6 rings (SSSR count). The zero-order chi connectivity index (χ0) is 20.4. The van der Waals surface area contributed by atoms with Gasteiger partial charge in [0.05, 0.1) is 5.69 Å². The van der Waals surface area contributed by atoms with Gasteiger partial charge < -0.3 is 15.0 Å². The first kappa shape index (κ1) is 19.2. The van der Waals surface area contributed by atoms with Crippen molar-refractivity contribution in [3.05, 3.63) is 23.2 Å². The van der Waals surface area contributed by atoms with Crippen molar-refractivity contribution in [2.75, 3.05) is 11.4 Å². The van der Waals surface area contributed by atoms with Gasteiger partial charge in [-0.15, -0.1) is 0 Å². The summed E-state index contributed by atoms with van der Waals surface area (Å²) in [7, 11) is 0. The predicted molar refractivity (Wildman–Crippen MR) is 112 cm³/mol. The summed E-state index contributed by atoms with van der Waals surface area (Å²) < 4.78 is 5.86. The molecule has 5 aliphatic rings. The molecule has 4 saturated carbocycles. The van der Waals surface area contributed by atoms with Crippen LogP contribution in [0.2, 0.25) is 5.02 Å². The molecule has 1 aromatic carbocycles. The Morgan fingerprint density at radius 2 is 1.79 bits per heavy atom. The van der Waals surface area contributed by atoms with Gasteiger partial charge in [-0.05, 0) is 88.3 Å². The van der Waals surface area contributed by atoms with Crippen molar-refractivity contribution < 1.29 is 14.3 Å². The number of nitrogens with one attached hydrogen (secondary N) is 1. The van der Waals surface area contributed by atoms with Crippen molar-refractivity contribution in [3.63, 3.8) is 0 Å². The van der Waals surface area contributed by atoms with E-state index in [-0.39, 0.29) is 23.8 Å². The third-order valence-corrected chi connectivity index (χ3v) is 7.58. The Morgan fingerprint density at radius 3 is 2.41 bits per heavy atom. The quantitative estimate of drug-likeness (QED) is 0.795. The van der Waals surface area contributed by atoms with Crippen molar-refractivity contribution in [1.82, 2.24) is 5.32 Å². The first-order valence-corrected chi connectivity index (χ1v) is 11.2. The molecule has 29 heavy (non-hydrogen) atoms. The smallest absolute Gasteiger partial charge is 0.270 e. The number of carbonyl (C=O) groups is 2. The van der Waals surface area contributed by atoms with Crippen LogP contribution in [0.4, 0.5) is 5.69 Å². The van der Waals surface area contributed by atoms with Gasteiger partial charge in [-0.25, -0.2) is 0 Å². The van der Waals surface area contributed by atoms with Crippen LogP contribution in [0, 0.1) is 17.8 Å². The standard InChI is InChI=1S/C23H29ClN2O3/c1-22(2)21(28)26(18-10-17(24)3-4-19(18)29-22)6-5-20(27)25-23-11-14-7-15(12-23)9-16(8-14)13-23/h3-4,10,14-16H,5-9,11-13H2,1-2H3,(H,25,27). The molecule has 0 radical (unpaired) electrons. The second-order valence-corrected chi connectivity index (χ2v) is 10.6. The Hall–Kier alpha value is -1.75. The van der Waals surface area contributed by atoms with Gasteiger partial charge in [-0.2, -0.15) is 0 Å². The number of hydrogen-bond acceptors (Lipinski definition) is 3. The van der Waals surface area contributed by atoms with Crippen LogP contribution < -0.4 is 15.0 Å². The summed E-state index contributed by atoms with van der Waals surface area (Å²) in [6, 6.07) is 5.28. The summed E-state index contributed by atoms with van der Waals surface area (Å²) in [6.45, 7) is 3.85. The number of amides is 2. The number of nitrogens with zero attached hydrogens (tertiary/aromatic N) is 1. The molecule has 5 nitrogen and oxygen atoms in total. The lowest BCUT2D eigenvalue weighted by Gasteiger charge is -2.57. The minimum atomic E-state index is -0.961. The van der Waals surface area contributed by atoms with Crippen LogP contribution in [0.5, 0.6) is 5.75 Å². The van der Waals surface area contributed by atoms with E-state index in [0.717, 1.165) is 37.0 Å². The average molecular weight is 417 g/mol. The highest BCUT2D eigenvalue weighted by atomic mass is 35.5. The van der Waals surface area contributed by atoms with Crippen molar-refractivity contribution in [1.29, 1.82) is 0 Å². The highest BCUT2D eigenvalue weighted by Gasteiger charge is 2.51. The summed E-state index contributed by atoms with van der Waals surface area (Å²) in [4.78, 5) is 27.5. The molecular weight excluding hydrogens is 388 g/mol. The van der Waals surface area contributed by atoms with Crippen LogP contribution >= 0.6 is 11.6 Å². The number of fused-ring (bicyclic) bond motifs is 1. The highest BCUT2D eigenvalue weighted by molar-refractivity contribution is 6.31. The summed E-state index contributed by atoms with van der Waals surface area (Å²) in [6.07, 6.45) is 7.74. The Labute approximate surface area is 177 Å². The number of hydrogen-bond donors (Lipinski definition) is 1. The van der Waals surface area contributed by atoms with Crippen molar-refractivity contribution in [2.45, 2.75) is 69.9 Å². The number of benzene rings is 1. The topological polar surface area (TPSA) is 58.6 Å². The predicted octanol–water partition coefficient (Wildman–Crippen LogP) is 4.32. The fraction of sp³-hybridized carbons (Fsp3) is 0.652. The highest BCUT2D eigenvalue weighted by Crippen LogP contribution is 2.55. The molecule has 0 aromatic heterocycles. The van der Waals surface area contributed by atoms with Gasteiger partial charge in [0, 0.05) is 23.5 Å². The summed E-state index contributed by atoms with van der Waals surface area (Å²) in [5.74, 6) is 2.90. The molecule has 0 spiro atoms. The normalized spacial score (nSPS) is 34.0. The second kappa shape index (κ2) is 6.63. The summed E-state index contributed by atoms with van der Waals surface area (Å²) in [5, 5.41) is 3.95. The zero-order valence-electron chi connectivity index (χ0n) is 17.2. The van der Waals surface area contributed by atoms with Gasteiger partial charge >= 0.3 is 0 Å². The molecule has 1 N–H and O–H groups in total. The Bertz CT molecular complexity index is 830. The number of carbonyl (C=O) groups excluding carboxylic acids is 2. The van der Waals surface area contributed by atoms with Gasteiger partial charge in [0.2, 0.25) is 5.91 Å². The molecule has 4 bridgehead atoms. The lowest BCUT2D eigenvalue weighted by atomic mass is 9.53. The molecule has 2 amide bonds. The molecule has 0 unspecified atom stereocenters. The van der Waals surface area contributed by atoms with Crippen LogP contribution in [-0.4, -0.2) is 29.5 Å². The summed E-state index contributed by atoms with van der Waals surface area (Å²) in [5.41, 5.74) is -0.317. The van der Waals surface area contributed by atoms with E-state index in [4.69, 9.17) is 16.3 Å². The van der Waals surface area contributed by atoms with Crippen LogP contribution in [0.1, 0.15) is 58.8 Å². The molecule has 4 aliphatic carbocycles. The maximum absolute atomic E-state index is 13.0. The van der Waals surface area contributed by atoms with Gasteiger partial charge in [-0.3, -0.25) is 9.59 Å². The molecule has 0 atom stereocenters. The van der Waals surface area contributed by atoms with E-state index in [9.17, 15) is 9.59 Å². The van der Waals surface area contributed by atoms with E-state index in [1.54, 1.807) is 36.9 Å². The maximum atomic E-state index is 13.0. The van der Waals surface area contributed by atoms with E-state index in [0.29, 0.717) is 23.0 Å². The molecular formula is C23H29ClN2O3. The minimum Gasteiger partial charge on any atom is -0.476 e. The summed E-state index contributed by atoms with van der Waals surface area (Å²) >= 11 is 6.15. The lowest BCUT2D eigenvalue weighted by Crippen LogP contribution is -2.60. The Kier molecular flexibility index (Phi) is 4.39. The molecule has 1 heterocycles. The van der Waals surface area contributed by atoms with E-state index in [2.05, 4.69) is 5.32 Å². The molecule has 4 fully saturated rings. The second-order valence-electron chi connectivity index (χ2n) is 10.2. The van der Waals surface area contributed by atoms with Crippen LogP contribution in [-0.2, 0) is 9.59 Å². The van der Waals surface area contributed by atoms with Gasteiger partial charge in [0.1, 0.15) is 5.75 Å². The van der Waals surface area contributed by atoms with E-state index >= 15 is 0 Å². The first-order valence-electron chi connectivity index (χ1n) is 10.8. The Morgan fingerprint density at radius 1 is 1.17 bits per heavy atom. The maximum Gasteiger partial charge on any atom is 0.270 e. The SMILES string of the molecule is CC1(C)Oc2ccc(Cl)cc2N(CCC(=O)NC23CC4CC(CC(C4)C2)C3)C1=O. The van der Waals surface area contributed by atoms with Crippen molar-refractivity contribution in [2.24, 2.45) is 17.8 Å². The lowest BCUT2D eigenvalue weighted by molar-refractivity contribution is -0.132. The van der Waals surface area contributed by atoms with Crippen LogP contribution in [0.3, 0.4) is 0 Å². The van der Waals surface area contributed by atoms with Gasteiger partial charge in [0.25, 0.3) is 5.91 Å². The van der Waals surface area contributed by atoms with Crippen LogP contribution in [0.15, 0.2) is 18.2 Å². The van der Waals surface area contributed by atoms with Crippen molar-refractivity contribution >= 4 is 29.1 Å². The third-order valence-electron chi connectivity index (χ3n) is 7.34. The van der Waals surface area contributed by atoms with Crippen LogP contribution in [0.25, 0.3) is 0 Å². The third kappa shape index (κ3) is 3.41. The van der Waals surface area contributed by atoms with Gasteiger partial charge in [-0.1, -0.05) is 11.6 Å². The Balaban J connectivity index is 1.29. The molecule has 6 heteroatoms. The molecule has 1 aliphatic heterocycles.